The van der Waals surface area contributed by atoms with Crippen LogP contribution in [0.5, 0.6) is 0 Å². The van der Waals surface area contributed by atoms with Crippen LogP contribution in [0.1, 0.15) is 46.7 Å². The smallest absolute Gasteiger partial charge is 0.253 e. The summed E-state index contributed by atoms with van der Waals surface area (Å²) in [5.41, 5.74) is 11.9. The predicted octanol–water partition coefficient (Wildman–Crippen LogP) is 1.87. The summed E-state index contributed by atoms with van der Waals surface area (Å²) in [4.78, 5) is 25.7. The highest BCUT2D eigenvalue weighted by atomic mass is 32.1. The maximum Gasteiger partial charge on any atom is 0.253 e. The lowest BCUT2D eigenvalue weighted by atomic mass is 10.2. The molecule has 4 N–H and O–H groups in total. The normalized spacial score (nSPS) is 14.4. The Balaban J connectivity index is 2.43. The van der Waals surface area contributed by atoms with Gasteiger partial charge in [-0.05, 0) is 25.7 Å². The third-order valence-corrected chi connectivity index (χ3v) is 4.70. The highest BCUT2D eigenvalue weighted by molar-refractivity contribution is 7.19. The SMILES string of the molecule is CCN(CC1CC1)c1sc(C(C)=O)c(N)c1C(N)=O. The number of hydrogen-bond acceptors (Lipinski definition) is 5. The number of carbonyl (C=O) groups is 2. The van der Waals surface area contributed by atoms with E-state index in [1.54, 1.807) is 0 Å². The van der Waals surface area contributed by atoms with Crippen LogP contribution in [0.2, 0.25) is 0 Å². The Kier molecular flexibility index (Phi) is 3.80. The number of hydrogen-bond donors (Lipinski definition) is 2. The van der Waals surface area contributed by atoms with E-state index in [9.17, 15) is 9.59 Å². The average Bonchev–Trinajstić information content (AvgIpc) is 3.07. The van der Waals surface area contributed by atoms with E-state index in [2.05, 4.69) is 4.90 Å². The third-order valence-electron chi connectivity index (χ3n) is 3.34. The number of rotatable bonds is 6. The molecule has 1 aromatic rings. The van der Waals surface area contributed by atoms with Crippen LogP contribution >= 0.6 is 11.3 Å². The molecule has 0 aliphatic heterocycles. The highest BCUT2D eigenvalue weighted by Gasteiger charge is 2.29. The zero-order valence-corrected chi connectivity index (χ0v) is 12.0. The van der Waals surface area contributed by atoms with Gasteiger partial charge in [0.05, 0.1) is 16.1 Å². The van der Waals surface area contributed by atoms with Crippen molar-refractivity contribution in [1.29, 1.82) is 0 Å². The molecule has 6 heteroatoms. The molecule has 1 fully saturated rings. The Bertz CT molecular complexity index is 520. The minimum absolute atomic E-state index is 0.126. The average molecular weight is 281 g/mol. The molecule has 0 atom stereocenters. The van der Waals surface area contributed by atoms with E-state index < -0.39 is 5.91 Å². The van der Waals surface area contributed by atoms with Crippen LogP contribution in [0.15, 0.2) is 0 Å². The lowest BCUT2D eigenvalue weighted by molar-refractivity contribution is 0.100. The summed E-state index contributed by atoms with van der Waals surface area (Å²) >= 11 is 1.28. The fraction of sp³-hybridized carbons (Fsp3) is 0.538. The summed E-state index contributed by atoms with van der Waals surface area (Å²) in [5, 5.41) is 0.740. The van der Waals surface area contributed by atoms with E-state index in [1.807, 2.05) is 6.92 Å². The molecular weight excluding hydrogens is 262 g/mol. The first-order valence-corrected chi connectivity index (χ1v) is 7.25. The van der Waals surface area contributed by atoms with Gasteiger partial charge in [-0.15, -0.1) is 11.3 Å². The first-order chi connectivity index (χ1) is 8.95. The van der Waals surface area contributed by atoms with Gasteiger partial charge in [-0.1, -0.05) is 0 Å². The Labute approximate surface area is 116 Å². The molecule has 0 bridgehead atoms. The zero-order chi connectivity index (χ0) is 14.2. The summed E-state index contributed by atoms with van der Waals surface area (Å²) in [5.74, 6) is -0.00555. The number of Topliss-reactive ketones (excluding diaryl/α,β-unsaturated/α-hetero) is 1. The molecular formula is C13H19N3O2S. The number of ketones is 1. The monoisotopic (exact) mass is 281 g/mol. The second-order valence-corrected chi connectivity index (χ2v) is 5.93. The summed E-state index contributed by atoms with van der Waals surface area (Å²) in [7, 11) is 0. The van der Waals surface area contributed by atoms with Gasteiger partial charge in [-0.25, -0.2) is 0 Å². The van der Waals surface area contributed by atoms with E-state index in [0.29, 0.717) is 16.4 Å². The lowest BCUT2D eigenvalue weighted by Crippen LogP contribution is -2.27. The van der Waals surface area contributed by atoms with Gasteiger partial charge in [0, 0.05) is 20.0 Å². The fourth-order valence-corrected chi connectivity index (χ4v) is 3.32. The van der Waals surface area contributed by atoms with Crippen molar-refractivity contribution in [2.75, 3.05) is 23.7 Å². The van der Waals surface area contributed by atoms with Gasteiger partial charge >= 0.3 is 0 Å². The maximum absolute atomic E-state index is 11.6. The Morgan fingerprint density at radius 3 is 2.47 bits per heavy atom. The number of carbonyl (C=O) groups excluding carboxylic acids is 2. The summed E-state index contributed by atoms with van der Waals surface area (Å²) in [6.07, 6.45) is 2.45. The maximum atomic E-state index is 11.6. The van der Waals surface area contributed by atoms with Crippen molar-refractivity contribution in [2.45, 2.75) is 26.7 Å². The fourth-order valence-electron chi connectivity index (χ4n) is 2.12. The zero-order valence-electron chi connectivity index (χ0n) is 11.2. The molecule has 0 spiro atoms. The Hall–Kier alpha value is -1.56. The standard InChI is InChI=1S/C13H19N3O2S/c1-3-16(6-8-4-5-8)13-9(12(15)18)10(14)11(19-13)7(2)17/h8H,3-6,14H2,1-2H3,(H2,15,18). The first-order valence-electron chi connectivity index (χ1n) is 6.43. The van der Waals surface area contributed by atoms with Gasteiger partial charge in [-0.2, -0.15) is 0 Å². The van der Waals surface area contributed by atoms with Crippen LogP contribution in [0.3, 0.4) is 0 Å². The van der Waals surface area contributed by atoms with E-state index in [4.69, 9.17) is 11.5 Å². The molecule has 0 saturated heterocycles. The number of anilines is 2. The Morgan fingerprint density at radius 1 is 1.42 bits per heavy atom. The molecule has 0 radical (unpaired) electrons. The van der Waals surface area contributed by atoms with Gasteiger partial charge in [0.15, 0.2) is 5.78 Å². The molecule has 0 unspecified atom stereocenters. The van der Waals surface area contributed by atoms with Crippen LogP contribution < -0.4 is 16.4 Å². The molecule has 1 aliphatic rings. The van der Waals surface area contributed by atoms with Crippen LogP contribution in [0.25, 0.3) is 0 Å². The van der Waals surface area contributed by atoms with Crippen LogP contribution in [-0.2, 0) is 0 Å². The molecule has 1 aliphatic carbocycles. The topological polar surface area (TPSA) is 89.4 Å². The molecule has 5 nitrogen and oxygen atoms in total. The molecule has 0 aromatic carbocycles. The minimum Gasteiger partial charge on any atom is -0.397 e. The third kappa shape index (κ3) is 2.73. The number of nitrogen functional groups attached to an aromatic ring is 1. The number of primary amides is 1. The summed E-state index contributed by atoms with van der Waals surface area (Å²) in [6.45, 7) is 5.15. The molecule has 2 rings (SSSR count). The van der Waals surface area contributed by atoms with Crippen molar-refractivity contribution in [3.63, 3.8) is 0 Å². The molecule has 1 amide bonds. The van der Waals surface area contributed by atoms with Gasteiger partial charge in [-0.3, -0.25) is 9.59 Å². The number of nitrogens with zero attached hydrogens (tertiary/aromatic N) is 1. The molecule has 104 valence electrons. The quantitative estimate of drug-likeness (QED) is 0.779. The second kappa shape index (κ2) is 5.21. The van der Waals surface area contributed by atoms with Crippen molar-refractivity contribution in [1.82, 2.24) is 0 Å². The van der Waals surface area contributed by atoms with E-state index in [0.717, 1.165) is 18.1 Å². The second-order valence-electron chi connectivity index (χ2n) is 4.93. The van der Waals surface area contributed by atoms with Crippen molar-refractivity contribution < 1.29 is 9.59 Å². The molecule has 19 heavy (non-hydrogen) atoms. The number of amides is 1. The largest absolute Gasteiger partial charge is 0.397 e. The molecule has 1 heterocycles. The van der Waals surface area contributed by atoms with Crippen molar-refractivity contribution in [2.24, 2.45) is 11.7 Å². The van der Waals surface area contributed by atoms with E-state index in [1.165, 1.54) is 31.1 Å². The molecule has 1 saturated carbocycles. The van der Waals surface area contributed by atoms with Crippen molar-refractivity contribution >= 4 is 33.7 Å². The number of nitrogens with two attached hydrogens (primary N) is 2. The van der Waals surface area contributed by atoms with Crippen LogP contribution in [-0.4, -0.2) is 24.8 Å². The van der Waals surface area contributed by atoms with E-state index >= 15 is 0 Å². The molecule has 1 aromatic heterocycles. The van der Waals surface area contributed by atoms with E-state index in [-0.39, 0.29) is 11.5 Å². The lowest BCUT2D eigenvalue weighted by Gasteiger charge is -2.22. The van der Waals surface area contributed by atoms with Crippen LogP contribution in [0, 0.1) is 5.92 Å². The van der Waals surface area contributed by atoms with Gasteiger partial charge < -0.3 is 16.4 Å². The Morgan fingerprint density at radius 2 is 2.05 bits per heavy atom. The predicted molar refractivity (Wildman–Crippen MR) is 77.9 cm³/mol. The highest BCUT2D eigenvalue weighted by Crippen LogP contribution is 2.40. The first kappa shape index (κ1) is 13.9. The van der Waals surface area contributed by atoms with Crippen molar-refractivity contribution in [3.8, 4) is 0 Å². The van der Waals surface area contributed by atoms with Crippen LogP contribution in [0.4, 0.5) is 10.7 Å². The van der Waals surface area contributed by atoms with Gasteiger partial charge in [0.2, 0.25) is 0 Å². The summed E-state index contributed by atoms with van der Waals surface area (Å²) in [6, 6.07) is 0. The van der Waals surface area contributed by atoms with Gasteiger partial charge in [0.25, 0.3) is 5.91 Å². The number of thiophene rings is 1. The van der Waals surface area contributed by atoms with Crippen molar-refractivity contribution in [3.05, 3.63) is 10.4 Å². The van der Waals surface area contributed by atoms with Gasteiger partial charge in [0.1, 0.15) is 5.00 Å². The minimum atomic E-state index is -0.564. The summed E-state index contributed by atoms with van der Waals surface area (Å²) < 4.78 is 0.